The summed E-state index contributed by atoms with van der Waals surface area (Å²) in [5.41, 5.74) is 2.51. The van der Waals surface area contributed by atoms with Crippen LogP contribution in [-0.4, -0.2) is 31.1 Å². The van der Waals surface area contributed by atoms with Crippen molar-refractivity contribution in [3.63, 3.8) is 0 Å². The molecule has 0 bridgehead atoms. The third-order valence-electron chi connectivity index (χ3n) is 5.55. The first-order chi connectivity index (χ1) is 13.1. The smallest absolute Gasteiger partial charge is 0.315 e. The standard InChI is InChI=1S/C23H31N3O/c1-26(2)22(19-11-7-4-8-12-19)20-13-15-21(16-14-20)25-23(27)24-17-18-9-5-3-6-10-18/h3-12,20-22H,13-17H2,1-2H3,(H2,24,25,27). The fraction of sp³-hybridized carbons (Fsp3) is 0.435. The van der Waals surface area contributed by atoms with Crippen LogP contribution in [0.3, 0.4) is 0 Å². The highest BCUT2D eigenvalue weighted by molar-refractivity contribution is 5.74. The molecular weight excluding hydrogens is 334 g/mol. The Labute approximate surface area is 163 Å². The summed E-state index contributed by atoms with van der Waals surface area (Å²) in [5.74, 6) is 0.632. The Morgan fingerprint density at radius 2 is 1.56 bits per heavy atom. The van der Waals surface area contributed by atoms with Gasteiger partial charge in [0.25, 0.3) is 0 Å². The van der Waals surface area contributed by atoms with Crippen LogP contribution in [0.2, 0.25) is 0 Å². The van der Waals surface area contributed by atoms with Crippen LogP contribution in [0.1, 0.15) is 42.9 Å². The van der Waals surface area contributed by atoms with Gasteiger partial charge in [0.2, 0.25) is 0 Å². The third kappa shape index (κ3) is 5.57. The summed E-state index contributed by atoms with van der Waals surface area (Å²) < 4.78 is 0. The van der Waals surface area contributed by atoms with Gasteiger partial charge in [-0.3, -0.25) is 0 Å². The first kappa shape index (κ1) is 19.4. The van der Waals surface area contributed by atoms with Crippen molar-refractivity contribution < 1.29 is 4.79 Å². The Morgan fingerprint density at radius 3 is 2.15 bits per heavy atom. The first-order valence-electron chi connectivity index (χ1n) is 9.93. The molecule has 144 valence electrons. The summed E-state index contributed by atoms with van der Waals surface area (Å²) in [6.07, 6.45) is 4.37. The molecular formula is C23H31N3O. The summed E-state index contributed by atoms with van der Waals surface area (Å²) in [7, 11) is 4.33. The fourth-order valence-electron chi connectivity index (χ4n) is 4.24. The minimum absolute atomic E-state index is 0.0606. The molecule has 2 aromatic rings. The Hall–Kier alpha value is -2.33. The molecule has 0 heterocycles. The van der Waals surface area contributed by atoms with Crippen molar-refractivity contribution in [3.05, 3.63) is 71.8 Å². The lowest BCUT2D eigenvalue weighted by molar-refractivity contribution is 0.157. The molecule has 0 spiro atoms. The zero-order valence-corrected chi connectivity index (χ0v) is 16.4. The molecule has 1 aliphatic carbocycles. The topological polar surface area (TPSA) is 44.4 Å². The van der Waals surface area contributed by atoms with Gasteiger partial charge in [0.1, 0.15) is 0 Å². The number of urea groups is 1. The van der Waals surface area contributed by atoms with Crippen molar-refractivity contribution in [1.82, 2.24) is 15.5 Å². The van der Waals surface area contributed by atoms with Crippen LogP contribution in [0.4, 0.5) is 4.79 Å². The predicted octanol–water partition coefficient (Wildman–Crippen LogP) is 4.35. The second-order valence-corrected chi connectivity index (χ2v) is 7.74. The van der Waals surface area contributed by atoms with Crippen molar-refractivity contribution in [1.29, 1.82) is 0 Å². The quantitative estimate of drug-likeness (QED) is 0.799. The van der Waals surface area contributed by atoms with E-state index in [1.807, 2.05) is 30.3 Å². The molecule has 3 rings (SSSR count). The largest absolute Gasteiger partial charge is 0.335 e. The second-order valence-electron chi connectivity index (χ2n) is 7.74. The minimum atomic E-state index is -0.0606. The minimum Gasteiger partial charge on any atom is -0.335 e. The van der Waals surface area contributed by atoms with E-state index < -0.39 is 0 Å². The number of carbonyl (C=O) groups excluding carboxylic acids is 1. The molecule has 1 unspecified atom stereocenters. The van der Waals surface area contributed by atoms with Gasteiger partial charge in [-0.1, -0.05) is 60.7 Å². The molecule has 2 amide bonds. The maximum absolute atomic E-state index is 12.2. The number of rotatable bonds is 6. The Morgan fingerprint density at radius 1 is 0.963 bits per heavy atom. The lowest BCUT2D eigenvalue weighted by Gasteiger charge is -2.37. The number of nitrogens with zero attached hydrogens (tertiary/aromatic N) is 1. The maximum atomic E-state index is 12.2. The molecule has 27 heavy (non-hydrogen) atoms. The number of nitrogens with one attached hydrogen (secondary N) is 2. The Balaban J connectivity index is 1.47. The molecule has 1 saturated carbocycles. The molecule has 1 aliphatic rings. The molecule has 0 radical (unpaired) electrons. The molecule has 2 aromatic carbocycles. The first-order valence-corrected chi connectivity index (χ1v) is 9.93. The van der Waals surface area contributed by atoms with Crippen LogP contribution in [-0.2, 0) is 6.54 Å². The number of amides is 2. The highest BCUT2D eigenvalue weighted by Crippen LogP contribution is 2.37. The molecule has 0 aromatic heterocycles. The number of hydrogen-bond donors (Lipinski definition) is 2. The van der Waals surface area contributed by atoms with Crippen LogP contribution >= 0.6 is 0 Å². The zero-order chi connectivity index (χ0) is 19.1. The summed E-state index contributed by atoms with van der Waals surface area (Å²) in [5, 5.41) is 6.12. The molecule has 4 nitrogen and oxygen atoms in total. The van der Waals surface area contributed by atoms with E-state index in [1.165, 1.54) is 5.56 Å². The predicted molar refractivity (Wildman–Crippen MR) is 110 cm³/mol. The summed E-state index contributed by atoms with van der Waals surface area (Å²) >= 11 is 0. The Bertz CT molecular complexity index is 694. The van der Waals surface area contributed by atoms with E-state index in [2.05, 4.69) is 60.0 Å². The summed E-state index contributed by atoms with van der Waals surface area (Å²) in [6, 6.07) is 21.4. The van der Waals surface area contributed by atoms with Crippen LogP contribution in [0.25, 0.3) is 0 Å². The van der Waals surface area contributed by atoms with Crippen LogP contribution < -0.4 is 10.6 Å². The van der Waals surface area contributed by atoms with E-state index in [-0.39, 0.29) is 12.1 Å². The molecule has 0 saturated heterocycles. The van der Waals surface area contributed by atoms with Crippen molar-refractivity contribution in [2.75, 3.05) is 14.1 Å². The van der Waals surface area contributed by atoms with E-state index in [0.717, 1.165) is 31.2 Å². The van der Waals surface area contributed by atoms with Gasteiger partial charge in [-0.15, -0.1) is 0 Å². The van der Waals surface area contributed by atoms with Gasteiger partial charge in [0, 0.05) is 18.6 Å². The second kappa shape index (κ2) is 9.56. The fourth-order valence-corrected chi connectivity index (χ4v) is 4.24. The normalized spacial score (nSPS) is 20.9. The molecule has 2 N–H and O–H groups in total. The number of benzene rings is 2. The average Bonchev–Trinajstić information content (AvgIpc) is 2.69. The lowest BCUT2D eigenvalue weighted by Crippen LogP contribution is -2.44. The van der Waals surface area contributed by atoms with Crippen molar-refractivity contribution in [3.8, 4) is 0 Å². The summed E-state index contributed by atoms with van der Waals surface area (Å²) in [4.78, 5) is 14.5. The van der Waals surface area contributed by atoms with E-state index in [4.69, 9.17) is 0 Å². The van der Waals surface area contributed by atoms with Crippen molar-refractivity contribution in [2.24, 2.45) is 5.92 Å². The molecule has 1 fully saturated rings. The molecule has 0 aliphatic heterocycles. The van der Waals surface area contributed by atoms with Gasteiger partial charge in [-0.2, -0.15) is 0 Å². The number of carbonyl (C=O) groups is 1. The van der Waals surface area contributed by atoms with E-state index in [0.29, 0.717) is 18.5 Å². The molecule has 1 atom stereocenters. The van der Waals surface area contributed by atoms with Gasteiger partial charge in [0.15, 0.2) is 0 Å². The van der Waals surface area contributed by atoms with Crippen LogP contribution in [0, 0.1) is 5.92 Å². The van der Waals surface area contributed by atoms with Crippen molar-refractivity contribution >= 4 is 6.03 Å². The zero-order valence-electron chi connectivity index (χ0n) is 16.4. The van der Waals surface area contributed by atoms with Crippen molar-refractivity contribution in [2.45, 2.75) is 44.3 Å². The van der Waals surface area contributed by atoms with E-state index in [9.17, 15) is 4.79 Å². The van der Waals surface area contributed by atoms with Gasteiger partial charge in [-0.05, 0) is 56.8 Å². The Kier molecular flexibility index (Phi) is 6.88. The van der Waals surface area contributed by atoms with Gasteiger partial charge < -0.3 is 15.5 Å². The maximum Gasteiger partial charge on any atom is 0.315 e. The highest BCUT2D eigenvalue weighted by atomic mass is 16.2. The average molecular weight is 366 g/mol. The van der Waals surface area contributed by atoms with Gasteiger partial charge in [0.05, 0.1) is 0 Å². The van der Waals surface area contributed by atoms with Gasteiger partial charge in [-0.25, -0.2) is 4.79 Å². The van der Waals surface area contributed by atoms with E-state index in [1.54, 1.807) is 0 Å². The van der Waals surface area contributed by atoms with Crippen LogP contribution in [0.15, 0.2) is 60.7 Å². The number of hydrogen-bond acceptors (Lipinski definition) is 2. The highest BCUT2D eigenvalue weighted by Gasteiger charge is 2.30. The summed E-state index contributed by atoms with van der Waals surface area (Å²) in [6.45, 7) is 0.568. The monoisotopic (exact) mass is 365 g/mol. The van der Waals surface area contributed by atoms with Crippen LogP contribution in [0.5, 0.6) is 0 Å². The van der Waals surface area contributed by atoms with E-state index >= 15 is 0 Å². The molecule has 4 heteroatoms. The third-order valence-corrected chi connectivity index (χ3v) is 5.55. The van der Waals surface area contributed by atoms with Gasteiger partial charge >= 0.3 is 6.03 Å². The lowest BCUT2D eigenvalue weighted by atomic mass is 9.79. The SMILES string of the molecule is CN(C)C(c1ccccc1)C1CCC(NC(=O)NCc2ccccc2)CC1.